The molecule has 19 heavy (non-hydrogen) atoms. The monoisotopic (exact) mass is 262 g/mol. The lowest BCUT2D eigenvalue weighted by Crippen LogP contribution is -2.44. The maximum Gasteiger partial charge on any atom is 0.327 e. The number of hydrogen-bond donors (Lipinski definition) is 2. The van der Waals surface area contributed by atoms with E-state index < -0.39 is 0 Å². The van der Waals surface area contributed by atoms with Crippen LogP contribution >= 0.6 is 0 Å². The van der Waals surface area contributed by atoms with Crippen molar-refractivity contribution in [2.75, 3.05) is 31.1 Å². The van der Waals surface area contributed by atoms with E-state index in [4.69, 9.17) is 0 Å². The summed E-state index contributed by atoms with van der Waals surface area (Å²) in [5.41, 5.74) is 1.28. The number of piperazine rings is 1. The van der Waals surface area contributed by atoms with Crippen molar-refractivity contribution < 1.29 is 0 Å². The molecule has 7 heteroatoms. The molecule has 0 bridgehead atoms. The van der Waals surface area contributed by atoms with Gasteiger partial charge < -0.3 is 15.2 Å². The van der Waals surface area contributed by atoms with Crippen LogP contribution in [0.3, 0.4) is 0 Å². The van der Waals surface area contributed by atoms with Gasteiger partial charge in [-0.05, 0) is 0 Å². The molecule has 1 fully saturated rings. The van der Waals surface area contributed by atoms with Crippen LogP contribution in [0.4, 0.5) is 5.82 Å². The summed E-state index contributed by atoms with van der Waals surface area (Å²) in [5.74, 6) is 1.62. The average molecular weight is 262 g/mol. The Balaban J connectivity index is 2.20. The third kappa shape index (κ3) is 1.99. The SMILES string of the molecule is CCc1nc(N2CCNCC2)c2[nH]c(=O)n(C)c2n1. The summed E-state index contributed by atoms with van der Waals surface area (Å²) in [5, 5.41) is 3.32. The second-order valence-electron chi connectivity index (χ2n) is 4.74. The van der Waals surface area contributed by atoms with Gasteiger partial charge in [0.1, 0.15) is 11.3 Å². The summed E-state index contributed by atoms with van der Waals surface area (Å²) in [7, 11) is 1.73. The minimum Gasteiger partial charge on any atom is -0.352 e. The van der Waals surface area contributed by atoms with Crippen molar-refractivity contribution in [3.63, 3.8) is 0 Å². The van der Waals surface area contributed by atoms with Crippen LogP contribution in [0.25, 0.3) is 11.2 Å². The van der Waals surface area contributed by atoms with Gasteiger partial charge in [0, 0.05) is 39.6 Å². The number of H-pyrrole nitrogens is 1. The molecule has 0 amide bonds. The summed E-state index contributed by atoms with van der Waals surface area (Å²) in [6, 6.07) is 0. The zero-order valence-corrected chi connectivity index (χ0v) is 11.2. The lowest BCUT2D eigenvalue weighted by Gasteiger charge is -2.28. The highest BCUT2D eigenvalue weighted by Gasteiger charge is 2.19. The van der Waals surface area contributed by atoms with Crippen molar-refractivity contribution in [3.05, 3.63) is 16.3 Å². The highest BCUT2D eigenvalue weighted by Crippen LogP contribution is 2.21. The topological polar surface area (TPSA) is 78.8 Å². The maximum absolute atomic E-state index is 11.8. The molecule has 0 radical (unpaired) electrons. The van der Waals surface area contributed by atoms with Gasteiger partial charge >= 0.3 is 5.69 Å². The molecule has 0 atom stereocenters. The molecular weight excluding hydrogens is 244 g/mol. The van der Waals surface area contributed by atoms with Crippen LogP contribution in [-0.2, 0) is 13.5 Å². The molecule has 3 heterocycles. The van der Waals surface area contributed by atoms with Crippen LogP contribution in [-0.4, -0.2) is 45.7 Å². The maximum atomic E-state index is 11.8. The molecule has 0 aromatic carbocycles. The number of nitrogens with zero attached hydrogens (tertiary/aromatic N) is 4. The number of aromatic nitrogens is 4. The normalized spacial score (nSPS) is 16.2. The largest absolute Gasteiger partial charge is 0.352 e. The van der Waals surface area contributed by atoms with E-state index in [9.17, 15) is 4.79 Å². The molecule has 7 nitrogen and oxygen atoms in total. The molecular formula is C12H18N6O. The molecule has 2 aromatic heterocycles. The van der Waals surface area contributed by atoms with Crippen LogP contribution in [0.2, 0.25) is 0 Å². The fourth-order valence-electron chi connectivity index (χ4n) is 2.39. The summed E-state index contributed by atoms with van der Waals surface area (Å²) < 4.78 is 1.54. The zero-order valence-electron chi connectivity index (χ0n) is 11.2. The van der Waals surface area contributed by atoms with Crippen molar-refractivity contribution in [3.8, 4) is 0 Å². The van der Waals surface area contributed by atoms with E-state index in [1.807, 2.05) is 6.92 Å². The second-order valence-corrected chi connectivity index (χ2v) is 4.74. The first-order valence-corrected chi connectivity index (χ1v) is 6.62. The molecule has 2 N–H and O–H groups in total. The second kappa shape index (κ2) is 4.65. The van der Waals surface area contributed by atoms with Gasteiger partial charge in [0.2, 0.25) is 0 Å². The van der Waals surface area contributed by atoms with Crippen molar-refractivity contribution in [1.29, 1.82) is 0 Å². The molecule has 0 spiro atoms. The van der Waals surface area contributed by atoms with Crippen LogP contribution in [0, 0.1) is 0 Å². The molecule has 1 aliphatic heterocycles. The van der Waals surface area contributed by atoms with E-state index in [-0.39, 0.29) is 5.69 Å². The first-order chi connectivity index (χ1) is 9.20. The van der Waals surface area contributed by atoms with Crippen molar-refractivity contribution in [1.82, 2.24) is 24.8 Å². The smallest absolute Gasteiger partial charge is 0.327 e. The van der Waals surface area contributed by atoms with Crippen molar-refractivity contribution in [2.45, 2.75) is 13.3 Å². The van der Waals surface area contributed by atoms with Gasteiger partial charge in [-0.1, -0.05) is 6.92 Å². The van der Waals surface area contributed by atoms with Gasteiger partial charge in [-0.25, -0.2) is 14.8 Å². The van der Waals surface area contributed by atoms with E-state index in [0.717, 1.165) is 49.8 Å². The molecule has 3 rings (SSSR count). The summed E-state index contributed by atoms with van der Waals surface area (Å²) in [6.07, 6.45) is 0.758. The minimum atomic E-state index is -0.145. The number of hydrogen-bond acceptors (Lipinski definition) is 5. The van der Waals surface area contributed by atoms with Crippen LogP contribution in [0.5, 0.6) is 0 Å². The number of fused-ring (bicyclic) bond motifs is 1. The Bertz CT molecular complexity index is 652. The Kier molecular flexibility index (Phi) is 2.98. The molecule has 102 valence electrons. The van der Waals surface area contributed by atoms with E-state index in [0.29, 0.717) is 5.65 Å². The van der Waals surface area contributed by atoms with Crippen LogP contribution in [0.15, 0.2) is 4.79 Å². The number of nitrogens with one attached hydrogen (secondary N) is 2. The Morgan fingerprint density at radius 1 is 1.26 bits per heavy atom. The number of aryl methyl sites for hydroxylation is 2. The number of aromatic amines is 1. The molecule has 0 saturated carbocycles. The van der Waals surface area contributed by atoms with Gasteiger partial charge in [-0.2, -0.15) is 0 Å². The van der Waals surface area contributed by atoms with Crippen molar-refractivity contribution >= 4 is 17.0 Å². The third-order valence-electron chi connectivity index (χ3n) is 3.50. The Morgan fingerprint density at radius 2 is 2.00 bits per heavy atom. The quantitative estimate of drug-likeness (QED) is 0.772. The average Bonchev–Trinajstić information content (AvgIpc) is 2.74. The summed E-state index contributed by atoms with van der Waals surface area (Å²) in [4.78, 5) is 25.9. The van der Waals surface area contributed by atoms with E-state index >= 15 is 0 Å². The molecule has 0 aliphatic carbocycles. The Hall–Kier alpha value is -1.89. The molecule has 2 aromatic rings. The number of anilines is 1. The van der Waals surface area contributed by atoms with Crippen LogP contribution in [0.1, 0.15) is 12.7 Å². The molecule has 0 unspecified atom stereocenters. The summed E-state index contributed by atoms with van der Waals surface area (Å²) in [6.45, 7) is 5.68. The minimum absolute atomic E-state index is 0.145. The lowest BCUT2D eigenvalue weighted by molar-refractivity contribution is 0.585. The van der Waals surface area contributed by atoms with Crippen LogP contribution < -0.4 is 15.9 Å². The number of imidazole rings is 1. The van der Waals surface area contributed by atoms with Gasteiger partial charge in [-0.3, -0.25) is 4.57 Å². The lowest BCUT2D eigenvalue weighted by atomic mass is 10.3. The fraction of sp³-hybridized carbons (Fsp3) is 0.583. The van der Waals surface area contributed by atoms with E-state index in [1.165, 1.54) is 0 Å². The highest BCUT2D eigenvalue weighted by molar-refractivity contribution is 5.83. The molecule has 1 saturated heterocycles. The zero-order chi connectivity index (χ0) is 13.4. The van der Waals surface area contributed by atoms with E-state index in [2.05, 4.69) is 25.2 Å². The Labute approximate surface area is 110 Å². The van der Waals surface area contributed by atoms with E-state index in [1.54, 1.807) is 11.6 Å². The van der Waals surface area contributed by atoms with Gasteiger partial charge in [0.05, 0.1) is 0 Å². The van der Waals surface area contributed by atoms with Gasteiger partial charge in [0.15, 0.2) is 11.5 Å². The number of rotatable bonds is 2. The van der Waals surface area contributed by atoms with Gasteiger partial charge in [0.25, 0.3) is 0 Å². The molecule has 1 aliphatic rings. The van der Waals surface area contributed by atoms with Crippen molar-refractivity contribution in [2.24, 2.45) is 7.05 Å². The third-order valence-corrected chi connectivity index (χ3v) is 3.50. The highest BCUT2D eigenvalue weighted by atomic mass is 16.1. The summed E-state index contributed by atoms with van der Waals surface area (Å²) >= 11 is 0. The predicted octanol–water partition coefficient (Wildman–Crippen LogP) is -0.371. The first kappa shape index (κ1) is 12.2. The Morgan fingerprint density at radius 3 is 2.68 bits per heavy atom. The first-order valence-electron chi connectivity index (χ1n) is 6.62. The van der Waals surface area contributed by atoms with Gasteiger partial charge in [-0.15, -0.1) is 0 Å². The fourth-order valence-corrected chi connectivity index (χ4v) is 2.39. The predicted molar refractivity (Wildman–Crippen MR) is 73.6 cm³/mol. The standard InChI is InChI=1S/C12H18N6O/c1-3-8-14-10-9(16-12(19)17(10)2)11(15-8)18-6-4-13-5-7-18/h13H,3-7H2,1-2H3,(H,16,19).